The van der Waals surface area contributed by atoms with Crippen molar-refractivity contribution in [2.75, 3.05) is 19.9 Å². The first-order chi connectivity index (χ1) is 12.3. The summed E-state index contributed by atoms with van der Waals surface area (Å²) in [5.74, 6) is 1.69. The number of nitrogens with one attached hydrogen (secondary N) is 1. The lowest BCUT2D eigenvalue weighted by atomic mass is 9.87. The van der Waals surface area contributed by atoms with Gasteiger partial charge >= 0.3 is 0 Å². The third-order valence-corrected chi connectivity index (χ3v) is 5.50. The second-order valence-corrected chi connectivity index (χ2v) is 8.80. The topological polar surface area (TPSA) is 73.9 Å². The van der Waals surface area contributed by atoms with E-state index in [1.54, 1.807) is 6.07 Å². The van der Waals surface area contributed by atoms with E-state index in [1.807, 2.05) is 24.3 Å². The molecule has 0 atom stereocenters. The first kappa shape index (κ1) is 18.5. The van der Waals surface area contributed by atoms with Gasteiger partial charge in [-0.2, -0.15) is 0 Å². The normalized spacial score (nSPS) is 13.7. The second-order valence-electron chi connectivity index (χ2n) is 7.04. The number of fused-ring (bicyclic) bond motifs is 1. The first-order valence-electron chi connectivity index (χ1n) is 8.38. The molecule has 0 radical (unpaired) electrons. The fourth-order valence-corrected chi connectivity index (χ4v) is 3.55. The highest BCUT2D eigenvalue weighted by molar-refractivity contribution is 7.89. The molecule has 6 nitrogen and oxygen atoms in total. The molecular weight excluding hydrogens is 354 g/mol. The Kier molecular flexibility index (Phi) is 5.11. The van der Waals surface area contributed by atoms with Crippen molar-refractivity contribution in [2.24, 2.45) is 0 Å². The van der Waals surface area contributed by atoms with E-state index in [9.17, 15) is 8.42 Å². The van der Waals surface area contributed by atoms with Gasteiger partial charge in [0.05, 0.1) is 4.90 Å². The Morgan fingerprint density at radius 1 is 1.04 bits per heavy atom. The third kappa shape index (κ3) is 4.28. The van der Waals surface area contributed by atoms with Gasteiger partial charge in [-0.1, -0.05) is 32.9 Å². The van der Waals surface area contributed by atoms with Gasteiger partial charge < -0.3 is 14.2 Å². The largest absolute Gasteiger partial charge is 0.492 e. The van der Waals surface area contributed by atoms with E-state index in [2.05, 4.69) is 25.5 Å². The summed E-state index contributed by atoms with van der Waals surface area (Å²) in [6.45, 7) is 6.94. The van der Waals surface area contributed by atoms with Gasteiger partial charge in [0.1, 0.15) is 12.4 Å². The highest BCUT2D eigenvalue weighted by atomic mass is 32.2. The average molecular weight is 377 g/mol. The molecule has 0 bridgehead atoms. The molecule has 0 aliphatic carbocycles. The Morgan fingerprint density at radius 2 is 1.73 bits per heavy atom. The van der Waals surface area contributed by atoms with Crippen LogP contribution in [-0.4, -0.2) is 28.4 Å². The molecule has 3 rings (SSSR count). The van der Waals surface area contributed by atoms with E-state index in [1.165, 1.54) is 17.7 Å². The second kappa shape index (κ2) is 7.17. The molecule has 2 aromatic rings. The van der Waals surface area contributed by atoms with Crippen LogP contribution in [0, 0.1) is 0 Å². The molecule has 0 saturated heterocycles. The molecule has 2 aromatic carbocycles. The number of sulfonamides is 1. The van der Waals surface area contributed by atoms with E-state index in [0.29, 0.717) is 17.2 Å². The maximum Gasteiger partial charge on any atom is 0.240 e. The minimum absolute atomic E-state index is 0.0821. The van der Waals surface area contributed by atoms with Gasteiger partial charge in [-0.15, -0.1) is 0 Å². The molecule has 0 fully saturated rings. The number of ether oxygens (including phenoxy) is 3. The molecule has 0 unspecified atom stereocenters. The van der Waals surface area contributed by atoms with Crippen molar-refractivity contribution in [3.8, 4) is 17.2 Å². The van der Waals surface area contributed by atoms with Gasteiger partial charge in [-0.25, -0.2) is 13.1 Å². The minimum atomic E-state index is -3.63. The monoisotopic (exact) mass is 377 g/mol. The zero-order valence-corrected chi connectivity index (χ0v) is 15.9. The molecule has 0 spiro atoms. The lowest BCUT2D eigenvalue weighted by Crippen LogP contribution is -2.28. The van der Waals surface area contributed by atoms with Crippen LogP contribution in [0.25, 0.3) is 0 Å². The minimum Gasteiger partial charge on any atom is -0.492 e. The van der Waals surface area contributed by atoms with Crippen molar-refractivity contribution >= 4 is 10.0 Å². The predicted molar refractivity (Wildman–Crippen MR) is 98.4 cm³/mol. The van der Waals surface area contributed by atoms with Crippen LogP contribution in [0.15, 0.2) is 47.4 Å². The Labute approximate surface area is 154 Å². The summed E-state index contributed by atoms with van der Waals surface area (Å²) in [5, 5.41) is 0. The van der Waals surface area contributed by atoms with E-state index in [0.717, 1.165) is 0 Å². The maximum atomic E-state index is 12.3. The quantitative estimate of drug-likeness (QED) is 0.783. The van der Waals surface area contributed by atoms with Crippen LogP contribution in [-0.2, 0) is 15.4 Å². The summed E-state index contributed by atoms with van der Waals surface area (Å²) < 4.78 is 43.2. The number of rotatable bonds is 6. The summed E-state index contributed by atoms with van der Waals surface area (Å²) in [6, 6.07) is 12.4. The molecule has 1 aliphatic heterocycles. The van der Waals surface area contributed by atoms with Gasteiger partial charge in [0.2, 0.25) is 16.8 Å². The summed E-state index contributed by atoms with van der Waals surface area (Å²) in [4.78, 5) is 0.135. The molecule has 26 heavy (non-hydrogen) atoms. The Hall–Kier alpha value is -2.25. The Morgan fingerprint density at radius 3 is 2.42 bits per heavy atom. The number of hydrogen-bond donors (Lipinski definition) is 1. The smallest absolute Gasteiger partial charge is 0.240 e. The summed E-state index contributed by atoms with van der Waals surface area (Å²) in [7, 11) is -3.63. The molecule has 1 aliphatic rings. The van der Waals surface area contributed by atoms with Crippen LogP contribution in [0.1, 0.15) is 26.3 Å². The molecule has 1 heterocycles. The third-order valence-electron chi connectivity index (χ3n) is 4.04. The zero-order chi connectivity index (χ0) is 18.8. The Bertz CT molecular complexity index is 870. The Balaban J connectivity index is 1.53. The van der Waals surface area contributed by atoms with Crippen molar-refractivity contribution in [3.05, 3.63) is 48.0 Å². The number of benzene rings is 2. The van der Waals surface area contributed by atoms with Gasteiger partial charge in [0.25, 0.3) is 0 Å². The predicted octanol–water partition coefficient (Wildman–Crippen LogP) is 3.07. The highest BCUT2D eigenvalue weighted by Gasteiger charge is 2.20. The van der Waals surface area contributed by atoms with Gasteiger partial charge in [0.15, 0.2) is 11.5 Å². The van der Waals surface area contributed by atoms with Gasteiger partial charge in [0, 0.05) is 12.6 Å². The first-order valence-corrected chi connectivity index (χ1v) is 9.87. The molecule has 1 N–H and O–H groups in total. The molecular formula is C19H23NO5S. The van der Waals surface area contributed by atoms with E-state index in [-0.39, 0.29) is 30.3 Å². The SMILES string of the molecule is CC(C)(C)c1ccc(OCCNS(=O)(=O)c2ccc3c(c2)OCO3)cc1. The van der Waals surface area contributed by atoms with Crippen molar-refractivity contribution in [3.63, 3.8) is 0 Å². The van der Waals surface area contributed by atoms with Crippen molar-refractivity contribution in [1.82, 2.24) is 4.72 Å². The molecule has 0 amide bonds. The summed E-state index contributed by atoms with van der Waals surface area (Å²) in [6.07, 6.45) is 0. The summed E-state index contributed by atoms with van der Waals surface area (Å²) >= 11 is 0. The van der Waals surface area contributed by atoms with Crippen LogP contribution in [0.2, 0.25) is 0 Å². The lowest BCUT2D eigenvalue weighted by molar-refractivity contribution is 0.174. The van der Waals surface area contributed by atoms with Crippen LogP contribution in [0.4, 0.5) is 0 Å². The van der Waals surface area contributed by atoms with Crippen molar-refractivity contribution in [1.29, 1.82) is 0 Å². The molecule has 0 aromatic heterocycles. The van der Waals surface area contributed by atoms with Gasteiger partial charge in [-0.05, 0) is 35.2 Å². The number of hydrogen-bond acceptors (Lipinski definition) is 5. The molecule has 0 saturated carbocycles. The zero-order valence-electron chi connectivity index (χ0n) is 15.1. The van der Waals surface area contributed by atoms with Gasteiger partial charge in [-0.3, -0.25) is 0 Å². The molecule has 140 valence electrons. The van der Waals surface area contributed by atoms with Crippen LogP contribution in [0.5, 0.6) is 17.2 Å². The van der Waals surface area contributed by atoms with Crippen molar-refractivity contribution < 1.29 is 22.6 Å². The van der Waals surface area contributed by atoms with Crippen molar-refractivity contribution in [2.45, 2.75) is 31.1 Å². The van der Waals surface area contributed by atoms with Crippen LogP contribution >= 0.6 is 0 Å². The maximum absolute atomic E-state index is 12.3. The fraction of sp³-hybridized carbons (Fsp3) is 0.368. The summed E-state index contributed by atoms with van der Waals surface area (Å²) in [5.41, 5.74) is 1.30. The highest BCUT2D eigenvalue weighted by Crippen LogP contribution is 2.33. The van der Waals surface area contributed by atoms with E-state index >= 15 is 0 Å². The lowest BCUT2D eigenvalue weighted by Gasteiger charge is -2.19. The van der Waals surface area contributed by atoms with E-state index in [4.69, 9.17) is 14.2 Å². The van der Waals surface area contributed by atoms with Crippen LogP contribution in [0.3, 0.4) is 0 Å². The standard InChI is InChI=1S/C19H23NO5S/c1-19(2,3)14-4-6-15(7-5-14)23-11-10-20-26(21,22)16-8-9-17-18(12-16)25-13-24-17/h4-9,12,20H,10-11,13H2,1-3H3. The fourth-order valence-electron chi connectivity index (χ4n) is 2.52. The molecule has 7 heteroatoms. The van der Waals surface area contributed by atoms with Crippen LogP contribution < -0.4 is 18.9 Å². The van der Waals surface area contributed by atoms with E-state index < -0.39 is 10.0 Å². The average Bonchev–Trinajstić information content (AvgIpc) is 3.06.